The average molecular weight is 479 g/mol. The molecule has 3 aliphatic rings. The van der Waals surface area contributed by atoms with E-state index in [-0.39, 0.29) is 35.9 Å². The van der Waals surface area contributed by atoms with Gasteiger partial charge in [-0.05, 0) is 47.7 Å². The number of amides is 5. The van der Waals surface area contributed by atoms with Crippen molar-refractivity contribution in [3.8, 4) is 11.5 Å². The van der Waals surface area contributed by atoms with E-state index in [1.807, 2.05) is 0 Å². The number of benzene rings is 2. The molecule has 3 aliphatic heterocycles. The van der Waals surface area contributed by atoms with Crippen LogP contribution in [0.5, 0.6) is 11.5 Å². The molecule has 0 aromatic heterocycles. The lowest BCUT2D eigenvalue weighted by Gasteiger charge is -2.15. The second kappa shape index (κ2) is 8.67. The molecular weight excluding hydrogens is 462 g/mol. The summed E-state index contributed by atoms with van der Waals surface area (Å²) >= 11 is 0.805. The van der Waals surface area contributed by atoms with Gasteiger partial charge in [0.1, 0.15) is 6.54 Å². The van der Waals surface area contributed by atoms with Gasteiger partial charge in [0.25, 0.3) is 23.0 Å². The van der Waals surface area contributed by atoms with Gasteiger partial charge in [-0.15, -0.1) is 0 Å². The standard InChI is InChI=1S/C23H17N3O7S/c27-19(11-26-20(28)14-3-1-2-4-15(14)21(26)29)24-7-8-25-22(30)18(34-23(25)31)10-13-5-6-16-17(9-13)33-12-32-16/h1-6,9-10H,7-8,11-12H2,(H,24,27)/b18-10+. The lowest BCUT2D eigenvalue weighted by molar-refractivity contribution is -0.124. The highest BCUT2D eigenvalue weighted by molar-refractivity contribution is 8.18. The third kappa shape index (κ3) is 3.90. The van der Waals surface area contributed by atoms with Crippen LogP contribution in [0.25, 0.3) is 6.08 Å². The molecule has 0 unspecified atom stereocenters. The van der Waals surface area contributed by atoms with Crippen molar-refractivity contribution >= 4 is 46.7 Å². The van der Waals surface area contributed by atoms with Crippen LogP contribution in [-0.2, 0) is 9.59 Å². The molecule has 0 bridgehead atoms. The summed E-state index contributed by atoms with van der Waals surface area (Å²) in [4.78, 5) is 64.2. The van der Waals surface area contributed by atoms with E-state index in [9.17, 15) is 24.0 Å². The Morgan fingerprint density at radius 1 is 0.941 bits per heavy atom. The molecule has 5 rings (SSSR count). The van der Waals surface area contributed by atoms with Gasteiger partial charge in [0.05, 0.1) is 16.0 Å². The quantitative estimate of drug-likeness (QED) is 0.492. The summed E-state index contributed by atoms with van der Waals surface area (Å²) in [6.07, 6.45) is 1.59. The molecule has 0 saturated carbocycles. The van der Waals surface area contributed by atoms with Gasteiger partial charge in [-0.1, -0.05) is 18.2 Å². The van der Waals surface area contributed by atoms with Gasteiger partial charge < -0.3 is 14.8 Å². The van der Waals surface area contributed by atoms with Gasteiger partial charge in [0.2, 0.25) is 12.7 Å². The molecule has 1 fully saturated rings. The minimum absolute atomic E-state index is 0.0165. The Labute approximate surface area is 197 Å². The summed E-state index contributed by atoms with van der Waals surface area (Å²) < 4.78 is 10.6. The fourth-order valence-electron chi connectivity index (χ4n) is 3.74. The van der Waals surface area contributed by atoms with Gasteiger partial charge in [-0.2, -0.15) is 0 Å². The van der Waals surface area contributed by atoms with E-state index in [2.05, 4.69) is 5.32 Å². The van der Waals surface area contributed by atoms with Crippen molar-refractivity contribution in [2.24, 2.45) is 0 Å². The summed E-state index contributed by atoms with van der Waals surface area (Å²) in [6.45, 7) is -0.374. The largest absolute Gasteiger partial charge is 0.454 e. The van der Waals surface area contributed by atoms with Crippen LogP contribution >= 0.6 is 11.8 Å². The van der Waals surface area contributed by atoms with E-state index in [1.54, 1.807) is 36.4 Å². The highest BCUT2D eigenvalue weighted by atomic mass is 32.2. The Kier molecular flexibility index (Phi) is 5.54. The van der Waals surface area contributed by atoms with Gasteiger partial charge >= 0.3 is 0 Å². The molecule has 2 aromatic rings. The SMILES string of the molecule is O=C(CN1C(=O)c2ccccc2C1=O)NCCN1C(=O)S/C(=C/c2ccc3c(c2)OCO3)C1=O. The first-order chi connectivity index (χ1) is 16.4. The smallest absolute Gasteiger partial charge is 0.293 e. The Bertz CT molecular complexity index is 1250. The van der Waals surface area contributed by atoms with Crippen molar-refractivity contribution in [1.29, 1.82) is 0 Å². The molecular formula is C23H17N3O7S. The van der Waals surface area contributed by atoms with Crippen molar-refractivity contribution < 1.29 is 33.4 Å². The van der Waals surface area contributed by atoms with Crippen LogP contribution in [-0.4, -0.2) is 65.1 Å². The fraction of sp³-hybridized carbons (Fsp3) is 0.174. The molecule has 3 heterocycles. The van der Waals surface area contributed by atoms with Crippen molar-refractivity contribution in [2.75, 3.05) is 26.4 Å². The highest BCUT2D eigenvalue weighted by Gasteiger charge is 2.37. The van der Waals surface area contributed by atoms with Crippen molar-refractivity contribution in [3.05, 3.63) is 64.1 Å². The number of nitrogens with one attached hydrogen (secondary N) is 1. The number of thioether (sulfide) groups is 1. The van der Waals surface area contributed by atoms with Gasteiger partial charge in [0, 0.05) is 13.1 Å². The zero-order valence-electron chi connectivity index (χ0n) is 17.6. The molecule has 1 saturated heterocycles. The zero-order valence-corrected chi connectivity index (χ0v) is 18.4. The van der Waals surface area contributed by atoms with E-state index in [0.29, 0.717) is 17.1 Å². The summed E-state index contributed by atoms with van der Waals surface area (Å²) in [5, 5.41) is 2.10. The number of rotatable bonds is 6. The first-order valence-electron chi connectivity index (χ1n) is 10.3. The fourth-order valence-corrected chi connectivity index (χ4v) is 4.60. The Morgan fingerprint density at radius 3 is 2.38 bits per heavy atom. The van der Waals surface area contributed by atoms with Gasteiger partial charge in [0.15, 0.2) is 11.5 Å². The highest BCUT2D eigenvalue weighted by Crippen LogP contribution is 2.36. The molecule has 11 heteroatoms. The molecule has 0 aliphatic carbocycles. The minimum atomic E-state index is -0.572. The average Bonchev–Trinajstić information content (AvgIpc) is 3.47. The molecule has 1 N–H and O–H groups in total. The molecule has 0 atom stereocenters. The van der Waals surface area contributed by atoms with E-state index in [4.69, 9.17) is 9.47 Å². The van der Waals surface area contributed by atoms with Crippen LogP contribution in [0.15, 0.2) is 47.4 Å². The summed E-state index contributed by atoms with van der Waals surface area (Å²) in [5.41, 5.74) is 1.20. The number of carbonyl (C=O) groups excluding carboxylic acids is 5. The summed E-state index contributed by atoms with van der Waals surface area (Å²) in [7, 11) is 0. The van der Waals surface area contributed by atoms with Crippen LogP contribution in [0.2, 0.25) is 0 Å². The molecule has 0 radical (unpaired) electrons. The lowest BCUT2D eigenvalue weighted by atomic mass is 10.1. The lowest BCUT2D eigenvalue weighted by Crippen LogP contribution is -2.43. The number of fused-ring (bicyclic) bond motifs is 2. The number of ether oxygens (including phenoxy) is 2. The maximum Gasteiger partial charge on any atom is 0.293 e. The Balaban J connectivity index is 1.16. The Morgan fingerprint density at radius 2 is 1.65 bits per heavy atom. The second-order valence-electron chi connectivity index (χ2n) is 7.54. The van der Waals surface area contributed by atoms with Crippen molar-refractivity contribution in [3.63, 3.8) is 0 Å². The van der Waals surface area contributed by atoms with Crippen molar-refractivity contribution in [1.82, 2.24) is 15.1 Å². The predicted molar refractivity (Wildman–Crippen MR) is 120 cm³/mol. The molecule has 10 nitrogen and oxygen atoms in total. The monoisotopic (exact) mass is 479 g/mol. The van der Waals surface area contributed by atoms with E-state index in [1.165, 1.54) is 12.1 Å². The molecule has 5 amide bonds. The van der Waals surface area contributed by atoms with Crippen LogP contribution in [0.4, 0.5) is 4.79 Å². The molecule has 2 aromatic carbocycles. The first kappa shape index (κ1) is 21.7. The molecule has 0 spiro atoms. The van der Waals surface area contributed by atoms with E-state index in [0.717, 1.165) is 21.6 Å². The minimum Gasteiger partial charge on any atom is -0.454 e. The van der Waals surface area contributed by atoms with Crippen LogP contribution < -0.4 is 14.8 Å². The van der Waals surface area contributed by atoms with Gasteiger partial charge in [-0.25, -0.2) is 0 Å². The van der Waals surface area contributed by atoms with Crippen LogP contribution in [0.3, 0.4) is 0 Å². The third-order valence-corrected chi connectivity index (χ3v) is 6.31. The molecule has 172 valence electrons. The third-order valence-electron chi connectivity index (χ3n) is 5.41. The summed E-state index contributed by atoms with van der Waals surface area (Å²) in [5.74, 6) is -0.929. The maximum atomic E-state index is 12.7. The number of nitrogens with zero attached hydrogens (tertiary/aromatic N) is 2. The zero-order chi connectivity index (χ0) is 23.8. The first-order valence-corrected chi connectivity index (χ1v) is 11.1. The van der Waals surface area contributed by atoms with E-state index < -0.39 is 35.4 Å². The predicted octanol–water partition coefficient (Wildman–Crippen LogP) is 1.86. The number of hydrogen-bond acceptors (Lipinski definition) is 8. The molecule has 34 heavy (non-hydrogen) atoms. The van der Waals surface area contributed by atoms with E-state index >= 15 is 0 Å². The number of carbonyl (C=O) groups is 5. The van der Waals surface area contributed by atoms with Crippen LogP contribution in [0, 0.1) is 0 Å². The van der Waals surface area contributed by atoms with Crippen molar-refractivity contribution in [2.45, 2.75) is 0 Å². The number of imide groups is 2. The second-order valence-corrected chi connectivity index (χ2v) is 8.53. The normalized spacial score (nSPS) is 17.7. The maximum absolute atomic E-state index is 12.7. The van der Waals surface area contributed by atoms with Gasteiger partial charge in [-0.3, -0.25) is 33.8 Å². The number of hydrogen-bond donors (Lipinski definition) is 1. The Hall–Kier alpha value is -4.12. The topological polar surface area (TPSA) is 122 Å². The van der Waals surface area contributed by atoms with Crippen LogP contribution in [0.1, 0.15) is 26.3 Å². The summed E-state index contributed by atoms with van der Waals surface area (Å²) in [6, 6.07) is 11.5.